The summed E-state index contributed by atoms with van der Waals surface area (Å²) in [6.45, 7) is 44.0. The Morgan fingerprint density at radius 2 is 0.543 bits per heavy atom. The predicted octanol–water partition coefficient (Wildman–Crippen LogP) is 22.1. The Morgan fingerprint density at radius 3 is 0.931 bits per heavy atom. The zero-order valence-electron chi connectivity index (χ0n) is 69.6. The van der Waals surface area contributed by atoms with E-state index in [0.717, 1.165) is 148 Å². The van der Waals surface area contributed by atoms with E-state index in [1.165, 1.54) is 45.0 Å². The van der Waals surface area contributed by atoms with Crippen molar-refractivity contribution in [1.82, 2.24) is 9.97 Å². The van der Waals surface area contributed by atoms with E-state index in [4.69, 9.17) is 36.5 Å². The standard InChI is InChI=1S/C100H100N6O10/c1-93(2)24-32-103-36-28-97(9,10)77-81(103)65(93)45-57-41-61(89(107)113-85(57)77)53-18-17-19-54(40-53)69-49-55(52-72(101-69)74-21-23-76(112-74)75-22-20-73(111-75)64-44-60-48-68-84-80(88(60)116-92(64)110)100(15,16)31-39-106(84)35-27-96(68,7)8)56-50-70(62-42-58-46-66-82-78(86(58)114-90(62)108)98(11,12)29-37-104(82)33-25-94(66,3)4)102-71(51-56)63-43-59-47-67-83-79(87(59)115-91(63)109)99(13,14)30-38-105(83)34-26-95(67,5)6/h17-23,40-52H,24-39H2,1-16H3. The van der Waals surface area contributed by atoms with Crippen molar-refractivity contribution in [3.63, 3.8) is 0 Å². The van der Waals surface area contributed by atoms with Gasteiger partial charge in [0.15, 0.2) is 17.3 Å². The van der Waals surface area contributed by atoms with Crippen molar-refractivity contribution in [3.8, 4) is 90.3 Å². The molecule has 0 bridgehead atoms. The van der Waals surface area contributed by atoms with Crippen molar-refractivity contribution in [2.24, 2.45) is 0 Å². The van der Waals surface area contributed by atoms with Gasteiger partial charge < -0.3 is 46.1 Å². The van der Waals surface area contributed by atoms with E-state index in [1.54, 1.807) is 6.07 Å². The molecule has 13 aromatic rings. The highest BCUT2D eigenvalue weighted by molar-refractivity contribution is 5.98. The number of pyridine rings is 2. The van der Waals surface area contributed by atoms with Crippen LogP contribution < -0.4 is 42.1 Å². The van der Waals surface area contributed by atoms with E-state index in [2.05, 4.69) is 155 Å². The highest BCUT2D eigenvalue weighted by atomic mass is 16.4. The van der Waals surface area contributed by atoms with Gasteiger partial charge in [0.2, 0.25) is 0 Å². The second-order valence-electron chi connectivity index (χ2n) is 40.2. The van der Waals surface area contributed by atoms with E-state index >= 15 is 9.59 Å². The molecule has 0 spiro atoms. The Kier molecular flexibility index (Phi) is 15.2. The molecule has 0 atom stereocenters. The Balaban J connectivity index is 0.756. The number of furan rings is 2. The number of benzene rings is 5. The van der Waals surface area contributed by atoms with E-state index < -0.39 is 22.5 Å². The molecule has 590 valence electrons. The first-order valence-corrected chi connectivity index (χ1v) is 42.0. The average Bonchev–Trinajstić information content (AvgIpc) is 0.766. The van der Waals surface area contributed by atoms with Crippen LogP contribution in [0.2, 0.25) is 0 Å². The molecule has 5 aromatic carbocycles. The summed E-state index contributed by atoms with van der Waals surface area (Å²) in [6, 6.07) is 39.6. The lowest BCUT2D eigenvalue weighted by Gasteiger charge is -2.48. The predicted molar refractivity (Wildman–Crippen MR) is 464 cm³/mol. The van der Waals surface area contributed by atoms with Gasteiger partial charge in [-0.1, -0.05) is 129 Å². The van der Waals surface area contributed by atoms with Crippen molar-refractivity contribution in [1.29, 1.82) is 0 Å². The first kappa shape index (κ1) is 72.7. The van der Waals surface area contributed by atoms with E-state index in [9.17, 15) is 9.59 Å². The lowest BCUT2D eigenvalue weighted by molar-refractivity contribution is 0.398. The third kappa shape index (κ3) is 10.9. The van der Waals surface area contributed by atoms with Crippen LogP contribution in [-0.2, 0) is 43.3 Å². The summed E-state index contributed by atoms with van der Waals surface area (Å²) < 4.78 is 40.2. The molecule has 16 heteroatoms. The van der Waals surface area contributed by atoms with Crippen LogP contribution >= 0.6 is 0 Å². The minimum absolute atomic E-state index is 0.0874. The molecule has 0 fully saturated rings. The lowest BCUT2D eigenvalue weighted by atomic mass is 9.69. The fourth-order valence-corrected chi connectivity index (χ4v) is 21.3. The molecule has 0 radical (unpaired) electrons. The molecule has 21 rings (SSSR count). The monoisotopic (exact) mass is 1540 g/mol. The molecule has 0 N–H and O–H groups in total. The van der Waals surface area contributed by atoms with Gasteiger partial charge in [-0.05, 0) is 237 Å². The number of hydrogen-bond donors (Lipinski definition) is 0. The summed E-state index contributed by atoms with van der Waals surface area (Å²) in [7, 11) is 0. The highest BCUT2D eigenvalue weighted by Gasteiger charge is 2.48. The van der Waals surface area contributed by atoms with Gasteiger partial charge >= 0.3 is 22.5 Å². The van der Waals surface area contributed by atoms with E-state index in [-0.39, 0.29) is 54.4 Å². The fraction of sp³-hybridized carbons (Fsp3) is 0.400. The number of fused-ring (bicyclic) bond motifs is 8. The molecule has 116 heavy (non-hydrogen) atoms. The SMILES string of the molecule is CC1(C)CCN2CCC(C)(C)c3c2c1cc1cc(-c2cccc(-c4cc(-c5cc(-c6cc7cc8c9c(c7oc6=O)C(C)(C)CCN9CCC8(C)C)nc(-c6cc7cc8c9c(c7oc6=O)C(C)(C)CCN9CCC8(C)C)c5)cc(-c5ccc(-c6ccc(-c7cc8cc9c%10c(c8oc7=O)C(C)(C)CCN%10CCC9(C)C)o6)o5)n4)c2)c(=O)oc31. The fourth-order valence-electron chi connectivity index (χ4n) is 21.3. The van der Waals surface area contributed by atoms with Gasteiger partial charge in [-0.3, -0.25) is 0 Å². The number of nitrogens with zero attached hydrogens (tertiary/aromatic N) is 6. The summed E-state index contributed by atoms with van der Waals surface area (Å²) in [6.07, 6.45) is 7.65. The number of anilines is 4. The molecule has 0 aliphatic carbocycles. The topological polar surface area (TPSA) is 186 Å². The van der Waals surface area contributed by atoms with Crippen LogP contribution in [0.3, 0.4) is 0 Å². The second kappa shape index (κ2) is 24.3. The first-order chi connectivity index (χ1) is 55.0. The maximum atomic E-state index is 15.5. The molecular weight excluding hydrogens is 1450 g/mol. The molecular formula is C100H100N6O10. The summed E-state index contributed by atoms with van der Waals surface area (Å²) >= 11 is 0. The number of aromatic nitrogens is 2. The maximum absolute atomic E-state index is 15.5. The quantitative estimate of drug-likeness (QED) is 0.131. The van der Waals surface area contributed by atoms with Crippen molar-refractivity contribution in [3.05, 3.63) is 208 Å². The van der Waals surface area contributed by atoms with Gasteiger partial charge in [0.05, 0.1) is 33.8 Å². The molecule has 8 aromatic heterocycles. The van der Waals surface area contributed by atoms with Gasteiger partial charge in [-0.2, -0.15) is 0 Å². The van der Waals surface area contributed by atoms with Gasteiger partial charge in [0.25, 0.3) is 0 Å². The van der Waals surface area contributed by atoms with Crippen LogP contribution in [0.5, 0.6) is 0 Å². The summed E-state index contributed by atoms with van der Waals surface area (Å²) in [5.41, 5.74) is 18.1. The Bertz CT molecular complexity index is 6600. The Morgan fingerprint density at radius 1 is 0.259 bits per heavy atom. The van der Waals surface area contributed by atoms with Gasteiger partial charge in [0, 0.05) is 124 Å². The molecule has 8 aliphatic rings. The first-order valence-electron chi connectivity index (χ1n) is 42.0. The normalized spacial score (nSPS) is 19.8. The van der Waals surface area contributed by atoms with Crippen molar-refractivity contribution in [2.45, 2.75) is 205 Å². The smallest absolute Gasteiger partial charge is 0.347 e. The van der Waals surface area contributed by atoms with Crippen LogP contribution in [-0.4, -0.2) is 62.3 Å². The molecule has 0 saturated heterocycles. The van der Waals surface area contributed by atoms with Crippen molar-refractivity contribution in [2.75, 3.05) is 72.0 Å². The zero-order valence-corrected chi connectivity index (χ0v) is 69.6. The van der Waals surface area contributed by atoms with Crippen molar-refractivity contribution < 1.29 is 26.5 Å². The average molecular weight is 1550 g/mol. The molecule has 0 unspecified atom stereocenters. The summed E-state index contributed by atoms with van der Waals surface area (Å²) in [5.74, 6) is 1.49. The van der Waals surface area contributed by atoms with Gasteiger partial charge in [0.1, 0.15) is 39.3 Å². The molecule has 0 saturated carbocycles. The Hall–Kier alpha value is -11.0. The Labute approximate surface area is 674 Å². The lowest BCUT2D eigenvalue weighted by Crippen LogP contribution is -2.44. The van der Waals surface area contributed by atoms with E-state index in [1.807, 2.05) is 91.0 Å². The molecule has 0 amide bonds. The molecule has 16 nitrogen and oxygen atoms in total. The molecule has 8 aliphatic heterocycles. The van der Waals surface area contributed by atoms with E-state index in [0.29, 0.717) is 102 Å². The van der Waals surface area contributed by atoms with Gasteiger partial charge in [-0.25, -0.2) is 29.1 Å². The third-order valence-corrected chi connectivity index (χ3v) is 28.9. The van der Waals surface area contributed by atoms with Crippen LogP contribution in [0.15, 0.2) is 167 Å². The number of rotatable bonds is 8. The number of hydrogen-bond acceptors (Lipinski definition) is 16. The maximum Gasteiger partial charge on any atom is 0.347 e. The zero-order chi connectivity index (χ0) is 80.5. The summed E-state index contributed by atoms with van der Waals surface area (Å²) in [4.78, 5) is 81.3. The van der Waals surface area contributed by atoms with Crippen LogP contribution in [0.4, 0.5) is 22.7 Å². The minimum atomic E-state index is -0.560. The largest absolute Gasteiger partial charge is 0.453 e. The molecule has 16 heterocycles. The summed E-state index contributed by atoms with van der Waals surface area (Å²) in [5, 5.41) is 3.32. The third-order valence-electron chi connectivity index (χ3n) is 28.9. The van der Waals surface area contributed by atoms with Crippen LogP contribution in [0.25, 0.3) is 134 Å². The minimum Gasteiger partial charge on any atom is -0.453 e. The van der Waals surface area contributed by atoms with Crippen LogP contribution in [0.1, 0.15) is 207 Å². The highest BCUT2D eigenvalue weighted by Crippen LogP contribution is 2.58. The van der Waals surface area contributed by atoms with Crippen molar-refractivity contribution >= 4 is 66.6 Å². The van der Waals surface area contributed by atoms with Gasteiger partial charge in [-0.15, -0.1) is 0 Å². The second-order valence-corrected chi connectivity index (χ2v) is 40.2. The van der Waals surface area contributed by atoms with Crippen LogP contribution in [0, 0.1) is 0 Å².